The van der Waals surface area contributed by atoms with Gasteiger partial charge in [0.2, 0.25) is 0 Å². The van der Waals surface area contributed by atoms with Crippen molar-refractivity contribution in [3.05, 3.63) is 42.5 Å². The van der Waals surface area contributed by atoms with Crippen molar-refractivity contribution < 1.29 is 4.74 Å². The topological polar surface area (TPSA) is 59.9 Å². The Bertz CT molecular complexity index is 458. The van der Waals surface area contributed by atoms with Gasteiger partial charge in [-0.15, -0.1) is 0 Å². The fourth-order valence-corrected chi connectivity index (χ4v) is 1.41. The zero-order valence-corrected chi connectivity index (χ0v) is 10.3. The summed E-state index contributed by atoms with van der Waals surface area (Å²) in [7, 11) is 0. The first-order chi connectivity index (χ1) is 8.88. The molecule has 0 aliphatic rings. The molecule has 5 heteroatoms. The van der Waals surface area contributed by atoms with Gasteiger partial charge in [-0.3, -0.25) is 4.98 Å². The molecule has 0 amide bonds. The highest BCUT2D eigenvalue weighted by molar-refractivity contribution is 5.20. The molecule has 0 unspecified atom stereocenters. The second-order valence-corrected chi connectivity index (χ2v) is 3.84. The zero-order valence-electron chi connectivity index (χ0n) is 10.3. The fraction of sp³-hybridized carbons (Fsp3) is 0.308. The van der Waals surface area contributed by atoms with Crippen LogP contribution in [0.25, 0.3) is 0 Å². The van der Waals surface area contributed by atoms with Crippen molar-refractivity contribution in [1.82, 2.24) is 20.3 Å². The lowest BCUT2D eigenvalue weighted by Crippen LogP contribution is -2.14. The molecule has 0 atom stereocenters. The van der Waals surface area contributed by atoms with Gasteiger partial charge >= 0.3 is 6.01 Å². The summed E-state index contributed by atoms with van der Waals surface area (Å²) >= 11 is 0. The Hall–Kier alpha value is -2.01. The van der Waals surface area contributed by atoms with E-state index in [1.54, 1.807) is 30.9 Å². The number of nitrogens with one attached hydrogen (secondary N) is 1. The predicted molar refractivity (Wildman–Crippen MR) is 68.3 cm³/mol. The average Bonchev–Trinajstić information content (AvgIpc) is 2.42. The maximum atomic E-state index is 5.45. The highest BCUT2D eigenvalue weighted by Crippen LogP contribution is 2.14. The van der Waals surface area contributed by atoms with E-state index in [1.165, 1.54) is 0 Å². The van der Waals surface area contributed by atoms with E-state index in [1.807, 2.05) is 6.07 Å². The number of ether oxygens (including phenoxy) is 1. The first-order valence-corrected chi connectivity index (χ1v) is 5.98. The Labute approximate surface area is 106 Å². The predicted octanol–water partition coefficient (Wildman–Crippen LogP) is 2.16. The van der Waals surface area contributed by atoms with E-state index in [0.29, 0.717) is 11.8 Å². The molecule has 0 aliphatic carbocycles. The SMILES string of the molecule is CCCNCc1cnc(Oc2cccnc2)nc1. The van der Waals surface area contributed by atoms with E-state index in [2.05, 4.69) is 27.2 Å². The van der Waals surface area contributed by atoms with Crippen LogP contribution < -0.4 is 10.1 Å². The van der Waals surface area contributed by atoms with Crippen LogP contribution in [-0.2, 0) is 6.54 Å². The second kappa shape index (κ2) is 6.66. The molecule has 94 valence electrons. The van der Waals surface area contributed by atoms with E-state index in [0.717, 1.165) is 25.1 Å². The zero-order chi connectivity index (χ0) is 12.6. The standard InChI is InChI=1S/C13H16N4O/c1-2-5-14-7-11-8-16-13(17-9-11)18-12-4-3-6-15-10-12/h3-4,6,8-10,14H,2,5,7H2,1H3. The molecule has 2 aromatic heterocycles. The highest BCUT2D eigenvalue weighted by Gasteiger charge is 2.00. The van der Waals surface area contributed by atoms with Gasteiger partial charge in [0.1, 0.15) is 5.75 Å². The molecular formula is C13H16N4O. The third-order valence-corrected chi connectivity index (χ3v) is 2.28. The van der Waals surface area contributed by atoms with Crippen molar-refractivity contribution in [3.8, 4) is 11.8 Å². The molecule has 0 saturated carbocycles. The molecule has 0 aliphatic heterocycles. The molecule has 0 spiro atoms. The second-order valence-electron chi connectivity index (χ2n) is 3.84. The van der Waals surface area contributed by atoms with Gasteiger partial charge in [0, 0.05) is 30.7 Å². The van der Waals surface area contributed by atoms with Gasteiger partial charge < -0.3 is 10.1 Å². The Morgan fingerprint density at radius 3 is 2.72 bits per heavy atom. The highest BCUT2D eigenvalue weighted by atomic mass is 16.5. The monoisotopic (exact) mass is 244 g/mol. The number of pyridine rings is 1. The molecule has 18 heavy (non-hydrogen) atoms. The summed E-state index contributed by atoms with van der Waals surface area (Å²) in [6.45, 7) is 3.91. The van der Waals surface area contributed by atoms with Crippen molar-refractivity contribution in [2.24, 2.45) is 0 Å². The fourth-order valence-electron chi connectivity index (χ4n) is 1.41. The maximum absolute atomic E-state index is 5.45. The Kier molecular flexibility index (Phi) is 4.60. The van der Waals surface area contributed by atoms with Gasteiger partial charge in [-0.05, 0) is 25.1 Å². The van der Waals surface area contributed by atoms with Crippen LogP contribution in [0.1, 0.15) is 18.9 Å². The molecule has 0 radical (unpaired) electrons. The van der Waals surface area contributed by atoms with Gasteiger partial charge in [0.05, 0.1) is 6.20 Å². The molecule has 0 saturated heterocycles. The average molecular weight is 244 g/mol. The quantitative estimate of drug-likeness (QED) is 0.789. The third-order valence-electron chi connectivity index (χ3n) is 2.28. The van der Waals surface area contributed by atoms with Crippen molar-refractivity contribution in [2.75, 3.05) is 6.54 Å². The third kappa shape index (κ3) is 3.78. The Morgan fingerprint density at radius 2 is 2.06 bits per heavy atom. The van der Waals surface area contributed by atoms with E-state index in [9.17, 15) is 0 Å². The van der Waals surface area contributed by atoms with E-state index < -0.39 is 0 Å². The molecule has 5 nitrogen and oxygen atoms in total. The summed E-state index contributed by atoms with van der Waals surface area (Å²) in [5, 5.41) is 3.29. The number of hydrogen-bond donors (Lipinski definition) is 1. The lowest BCUT2D eigenvalue weighted by molar-refractivity contribution is 0.438. The lowest BCUT2D eigenvalue weighted by atomic mass is 10.3. The number of rotatable bonds is 6. The maximum Gasteiger partial charge on any atom is 0.321 e. The van der Waals surface area contributed by atoms with E-state index in [-0.39, 0.29) is 0 Å². The van der Waals surface area contributed by atoms with Gasteiger partial charge in [0.25, 0.3) is 0 Å². The normalized spacial score (nSPS) is 10.3. The first-order valence-electron chi connectivity index (χ1n) is 5.98. The van der Waals surface area contributed by atoms with Crippen LogP contribution in [0.2, 0.25) is 0 Å². The van der Waals surface area contributed by atoms with Crippen LogP contribution >= 0.6 is 0 Å². The molecule has 2 heterocycles. The summed E-state index contributed by atoms with van der Waals surface area (Å²) in [6.07, 6.45) is 7.96. The van der Waals surface area contributed by atoms with Gasteiger partial charge in [0.15, 0.2) is 0 Å². The molecule has 0 fully saturated rings. The molecular weight excluding hydrogens is 228 g/mol. The summed E-state index contributed by atoms with van der Waals surface area (Å²) < 4.78 is 5.45. The number of nitrogens with zero attached hydrogens (tertiary/aromatic N) is 3. The van der Waals surface area contributed by atoms with Crippen LogP contribution in [0.15, 0.2) is 36.9 Å². The molecule has 1 N–H and O–H groups in total. The Morgan fingerprint density at radius 1 is 1.22 bits per heavy atom. The van der Waals surface area contributed by atoms with Crippen LogP contribution in [0.5, 0.6) is 11.8 Å². The summed E-state index contributed by atoms with van der Waals surface area (Å²) in [6, 6.07) is 3.95. The van der Waals surface area contributed by atoms with Gasteiger partial charge in [-0.2, -0.15) is 0 Å². The largest absolute Gasteiger partial charge is 0.423 e. The van der Waals surface area contributed by atoms with Crippen LogP contribution in [-0.4, -0.2) is 21.5 Å². The van der Waals surface area contributed by atoms with E-state index in [4.69, 9.17) is 4.74 Å². The molecule has 2 aromatic rings. The molecule has 0 aromatic carbocycles. The van der Waals surface area contributed by atoms with Crippen molar-refractivity contribution >= 4 is 0 Å². The van der Waals surface area contributed by atoms with Gasteiger partial charge in [-0.25, -0.2) is 9.97 Å². The summed E-state index contributed by atoms with van der Waals surface area (Å²) in [4.78, 5) is 12.3. The van der Waals surface area contributed by atoms with Crippen LogP contribution in [0, 0.1) is 0 Å². The first kappa shape index (κ1) is 12.4. The lowest BCUT2D eigenvalue weighted by Gasteiger charge is -2.04. The van der Waals surface area contributed by atoms with Crippen molar-refractivity contribution in [2.45, 2.75) is 19.9 Å². The molecule has 0 bridgehead atoms. The minimum Gasteiger partial charge on any atom is -0.423 e. The van der Waals surface area contributed by atoms with Gasteiger partial charge in [-0.1, -0.05) is 6.92 Å². The van der Waals surface area contributed by atoms with Crippen LogP contribution in [0.3, 0.4) is 0 Å². The van der Waals surface area contributed by atoms with Crippen molar-refractivity contribution in [3.63, 3.8) is 0 Å². The van der Waals surface area contributed by atoms with Crippen molar-refractivity contribution in [1.29, 1.82) is 0 Å². The number of hydrogen-bond acceptors (Lipinski definition) is 5. The smallest absolute Gasteiger partial charge is 0.321 e. The minimum atomic E-state index is 0.335. The summed E-state index contributed by atoms with van der Waals surface area (Å²) in [5.41, 5.74) is 1.04. The minimum absolute atomic E-state index is 0.335. The Balaban J connectivity index is 1.91. The van der Waals surface area contributed by atoms with E-state index >= 15 is 0 Å². The number of aromatic nitrogens is 3. The summed E-state index contributed by atoms with van der Waals surface area (Å²) in [5.74, 6) is 0.634. The molecule has 2 rings (SSSR count). The van der Waals surface area contributed by atoms with Crippen LogP contribution in [0.4, 0.5) is 0 Å².